The van der Waals surface area contributed by atoms with Crippen LogP contribution in [0.15, 0.2) is 47.4 Å². The summed E-state index contributed by atoms with van der Waals surface area (Å²) in [6.45, 7) is 4.37. The molecule has 5 fully saturated rings. The molecule has 1 N–H and O–H groups in total. The van der Waals surface area contributed by atoms with Gasteiger partial charge in [0.1, 0.15) is 0 Å². The van der Waals surface area contributed by atoms with Crippen molar-refractivity contribution < 1.29 is 24.2 Å². The number of carbonyl (C=O) groups excluding carboxylic acids is 2. The zero-order valence-corrected chi connectivity index (χ0v) is 23.6. The summed E-state index contributed by atoms with van der Waals surface area (Å²) in [5.74, 6) is 1.01. The highest BCUT2D eigenvalue weighted by Crippen LogP contribution is 2.70. The number of ether oxygens (including phenoxy) is 2. The van der Waals surface area contributed by atoms with Crippen molar-refractivity contribution >= 4 is 23.3 Å². The molecule has 1 aromatic heterocycles. The lowest BCUT2D eigenvalue weighted by Gasteiger charge is -2.59. The molecule has 39 heavy (non-hydrogen) atoms. The third kappa shape index (κ3) is 3.74. The number of Topliss-reactive ketones (excluding diaryl/α,β-unsaturated/α-hetero) is 1. The highest BCUT2D eigenvalue weighted by Gasteiger charge is 2.76. The van der Waals surface area contributed by atoms with Gasteiger partial charge in [-0.05, 0) is 68.6 Å². The number of rotatable bonds is 5. The van der Waals surface area contributed by atoms with Gasteiger partial charge in [-0.25, -0.2) is 9.97 Å². The van der Waals surface area contributed by atoms with Crippen LogP contribution < -0.4 is 0 Å². The number of allylic oxidation sites excluding steroid dienone is 4. The quantitative estimate of drug-likeness (QED) is 0.416. The van der Waals surface area contributed by atoms with Crippen molar-refractivity contribution in [2.45, 2.75) is 94.5 Å². The van der Waals surface area contributed by atoms with Crippen LogP contribution in [-0.2, 0) is 19.1 Å². The summed E-state index contributed by atoms with van der Waals surface area (Å²) < 4.78 is 13.7. The Morgan fingerprint density at radius 3 is 2.72 bits per heavy atom. The van der Waals surface area contributed by atoms with Crippen molar-refractivity contribution in [3.05, 3.63) is 42.3 Å². The highest BCUT2D eigenvalue weighted by atomic mass is 32.2. The van der Waals surface area contributed by atoms with Gasteiger partial charge in [0.25, 0.3) is 0 Å². The number of carbonyl (C=O) groups is 2. The summed E-state index contributed by atoms with van der Waals surface area (Å²) >= 11 is 1.35. The first-order valence-electron chi connectivity index (χ1n) is 14.6. The van der Waals surface area contributed by atoms with Crippen LogP contribution in [0.1, 0.15) is 65.2 Å². The molecule has 0 aromatic carbocycles. The van der Waals surface area contributed by atoms with Crippen LogP contribution in [0.4, 0.5) is 0 Å². The summed E-state index contributed by atoms with van der Waals surface area (Å²) in [4.78, 5) is 35.2. The molecule has 2 heterocycles. The zero-order chi connectivity index (χ0) is 27.0. The first kappa shape index (κ1) is 26.1. The van der Waals surface area contributed by atoms with Crippen molar-refractivity contribution in [2.24, 2.45) is 34.5 Å². The van der Waals surface area contributed by atoms with Crippen molar-refractivity contribution in [2.75, 3.05) is 5.75 Å². The van der Waals surface area contributed by atoms with E-state index in [4.69, 9.17) is 9.47 Å². The molecule has 6 unspecified atom stereocenters. The Labute approximate surface area is 234 Å². The lowest BCUT2D eigenvalue weighted by molar-refractivity contribution is -0.205. The van der Waals surface area contributed by atoms with Gasteiger partial charge in [0.05, 0.1) is 18.0 Å². The summed E-state index contributed by atoms with van der Waals surface area (Å²) in [5, 5.41) is 12.5. The Morgan fingerprint density at radius 1 is 1.18 bits per heavy atom. The molecule has 4 saturated carbocycles. The van der Waals surface area contributed by atoms with E-state index >= 15 is 0 Å². The molecule has 1 saturated heterocycles. The van der Waals surface area contributed by atoms with Crippen LogP contribution in [0, 0.1) is 34.5 Å². The third-order valence-corrected chi connectivity index (χ3v) is 12.2. The van der Waals surface area contributed by atoms with Crippen LogP contribution in [0.3, 0.4) is 0 Å². The lowest BCUT2D eigenvalue weighted by atomic mass is 9.46. The molecule has 6 aliphatic rings. The second-order valence-electron chi connectivity index (χ2n) is 13.1. The summed E-state index contributed by atoms with van der Waals surface area (Å²) in [6, 6.07) is 1.77. The number of fused-ring (bicyclic) bond motifs is 7. The maximum absolute atomic E-state index is 14.4. The van der Waals surface area contributed by atoms with Gasteiger partial charge in [0.2, 0.25) is 0 Å². The molecule has 208 valence electrons. The summed E-state index contributed by atoms with van der Waals surface area (Å²) in [7, 11) is 0. The molecule has 0 spiro atoms. The van der Waals surface area contributed by atoms with Crippen molar-refractivity contribution in [3.8, 4) is 0 Å². The zero-order valence-electron chi connectivity index (χ0n) is 22.8. The smallest absolute Gasteiger partial charge is 0.187 e. The first-order chi connectivity index (χ1) is 18.8. The molecule has 1 aromatic rings. The maximum Gasteiger partial charge on any atom is 0.187 e. The van der Waals surface area contributed by atoms with E-state index in [2.05, 4.69) is 23.8 Å². The maximum atomic E-state index is 14.4. The van der Waals surface area contributed by atoms with Gasteiger partial charge in [-0.2, -0.15) is 0 Å². The SMILES string of the molecule is CC12C=CC(=O)C=C1CCC1C2[C@@H](O)CC2(C)C1C[C@@H]1OC(C3CCCC3)O[C@]12C(=O)CSc1ncccn1. The predicted octanol–water partition coefficient (Wildman–Crippen LogP) is 4.70. The fraction of sp³-hybridized carbons (Fsp3) is 0.677. The molecule has 9 atom stereocenters. The molecular weight excluding hydrogens is 512 g/mol. The number of thioether (sulfide) groups is 1. The number of nitrogens with zero attached hydrogens (tertiary/aromatic N) is 2. The normalized spacial score (nSPS) is 44.9. The van der Waals surface area contributed by atoms with E-state index in [0.29, 0.717) is 17.5 Å². The van der Waals surface area contributed by atoms with Crippen LogP contribution in [0.2, 0.25) is 0 Å². The van der Waals surface area contributed by atoms with E-state index in [1.165, 1.54) is 24.6 Å². The minimum atomic E-state index is -1.09. The predicted molar refractivity (Wildman–Crippen MR) is 146 cm³/mol. The number of hydrogen-bond donors (Lipinski definition) is 1. The van der Waals surface area contributed by atoms with Gasteiger partial charge in [-0.3, -0.25) is 9.59 Å². The molecular formula is C31H38N2O5S. The van der Waals surface area contributed by atoms with Gasteiger partial charge >= 0.3 is 0 Å². The van der Waals surface area contributed by atoms with E-state index in [-0.39, 0.29) is 52.9 Å². The first-order valence-corrected chi connectivity index (χ1v) is 15.6. The van der Waals surface area contributed by atoms with Gasteiger partial charge in [-0.1, -0.05) is 50.1 Å². The van der Waals surface area contributed by atoms with E-state index in [1.54, 1.807) is 30.6 Å². The number of aliphatic hydroxyl groups excluding tert-OH is 1. The second kappa shape index (κ2) is 9.33. The van der Waals surface area contributed by atoms with Crippen LogP contribution in [0.25, 0.3) is 0 Å². The van der Waals surface area contributed by atoms with Gasteiger partial charge in [0, 0.05) is 35.1 Å². The van der Waals surface area contributed by atoms with E-state index in [9.17, 15) is 14.7 Å². The molecule has 0 bridgehead atoms. The third-order valence-electron chi connectivity index (χ3n) is 11.3. The Balaban J connectivity index is 1.24. The lowest BCUT2D eigenvalue weighted by Crippen LogP contribution is -2.63. The van der Waals surface area contributed by atoms with Gasteiger partial charge < -0.3 is 14.6 Å². The highest BCUT2D eigenvalue weighted by molar-refractivity contribution is 7.99. The minimum absolute atomic E-state index is 0.00336. The average Bonchev–Trinajstić information content (AvgIpc) is 3.63. The van der Waals surface area contributed by atoms with Crippen molar-refractivity contribution in [3.63, 3.8) is 0 Å². The number of aliphatic hydroxyl groups is 1. The topological polar surface area (TPSA) is 98.6 Å². The fourth-order valence-corrected chi connectivity index (χ4v) is 10.4. The Bertz CT molecular complexity index is 1230. The van der Waals surface area contributed by atoms with Crippen LogP contribution in [0.5, 0.6) is 0 Å². The average molecular weight is 551 g/mol. The molecule has 1 aliphatic heterocycles. The Kier molecular flexibility index (Phi) is 6.23. The van der Waals surface area contributed by atoms with Crippen molar-refractivity contribution in [1.82, 2.24) is 9.97 Å². The summed E-state index contributed by atoms with van der Waals surface area (Å²) in [6.07, 6.45) is 15.1. The molecule has 0 amide bonds. The summed E-state index contributed by atoms with van der Waals surface area (Å²) in [5.41, 5.74) is -0.849. The van der Waals surface area contributed by atoms with Crippen LogP contribution in [-0.4, -0.2) is 56.5 Å². The second-order valence-corrected chi connectivity index (χ2v) is 14.0. The minimum Gasteiger partial charge on any atom is -0.393 e. The molecule has 8 heteroatoms. The standard InChI is InChI=1S/C31H38N2O5S/c1-29-11-10-20(34)14-19(29)8-9-21-22-15-25-31(30(22,2)16-23(35)26(21)29,38-27(37-25)18-6-3-4-7-18)24(36)17-39-28-32-12-5-13-33-28/h5,10-14,18,21-23,25-27,35H,3-4,6-9,15-17H2,1-2H3/t21?,22?,23-,25-,26?,27?,29?,30?,31+/m0/s1. The number of aromatic nitrogens is 2. The van der Waals surface area contributed by atoms with Gasteiger partial charge in [-0.15, -0.1) is 0 Å². The molecule has 0 radical (unpaired) electrons. The fourth-order valence-electron chi connectivity index (χ4n) is 9.63. The van der Waals surface area contributed by atoms with E-state index in [1.807, 2.05) is 6.08 Å². The number of ketones is 2. The van der Waals surface area contributed by atoms with Crippen molar-refractivity contribution in [1.29, 1.82) is 0 Å². The van der Waals surface area contributed by atoms with E-state index in [0.717, 1.165) is 37.7 Å². The van der Waals surface area contributed by atoms with E-state index < -0.39 is 17.1 Å². The molecule has 7 rings (SSSR count). The molecule has 7 nitrogen and oxygen atoms in total. The monoisotopic (exact) mass is 550 g/mol. The largest absolute Gasteiger partial charge is 0.393 e. The van der Waals surface area contributed by atoms with Gasteiger partial charge in [0.15, 0.2) is 28.6 Å². The van der Waals surface area contributed by atoms with Crippen LogP contribution >= 0.6 is 11.8 Å². The molecule has 5 aliphatic carbocycles. The Hall–Kier alpha value is -1.87. The number of hydrogen-bond acceptors (Lipinski definition) is 8. The Morgan fingerprint density at radius 2 is 1.95 bits per heavy atom.